The number of aromatic nitrogens is 2. The molecule has 0 saturated carbocycles. The molecule has 0 radical (unpaired) electrons. The minimum Gasteiger partial charge on any atom is -0.439 e. The van der Waals surface area contributed by atoms with E-state index in [1.807, 2.05) is 0 Å². The summed E-state index contributed by atoms with van der Waals surface area (Å²) in [6.07, 6.45) is -2.08. The van der Waals surface area contributed by atoms with E-state index in [0.29, 0.717) is 5.69 Å². The number of benzene rings is 2. The quantitative estimate of drug-likeness (QED) is 0.331. The molecule has 4 aromatic rings. The van der Waals surface area contributed by atoms with Crippen LogP contribution >= 0.6 is 0 Å². The first-order valence-corrected chi connectivity index (χ1v) is 9.68. The van der Waals surface area contributed by atoms with E-state index < -0.39 is 29.2 Å². The fraction of sp³-hybridized carbons (Fsp3) is 0.130. The fourth-order valence-electron chi connectivity index (χ4n) is 3.23. The zero-order valence-corrected chi connectivity index (χ0v) is 16.8. The molecule has 0 aliphatic heterocycles. The van der Waals surface area contributed by atoms with Crippen molar-refractivity contribution in [3.8, 4) is 11.6 Å². The lowest BCUT2D eigenvalue weighted by atomic mass is 10.1. The summed E-state index contributed by atoms with van der Waals surface area (Å²) in [6, 6.07) is 8.85. The predicted octanol–water partition coefficient (Wildman–Crippen LogP) is 6.51. The summed E-state index contributed by atoms with van der Waals surface area (Å²) in [5.41, 5.74) is -0.448. The van der Waals surface area contributed by atoms with Crippen molar-refractivity contribution in [1.82, 2.24) is 9.97 Å². The number of halogens is 6. The van der Waals surface area contributed by atoms with Gasteiger partial charge in [0.05, 0.1) is 10.9 Å². The molecule has 0 saturated heterocycles. The van der Waals surface area contributed by atoms with E-state index in [0.717, 1.165) is 36.5 Å². The summed E-state index contributed by atoms with van der Waals surface area (Å²) in [5.74, 6) is -2.28. The molecular weight excluding hydrogens is 448 g/mol. The second-order valence-corrected chi connectivity index (χ2v) is 7.02. The molecule has 0 unspecified atom stereocenters. The standard InChI is InChI=1S/C23H15F6N3O/c24-16-3-4-17(25)22-21(16)19(7-10-32-22)30-8-5-13-1-2-15(12-18(13)26)33-20-11-14(6-9-31-20)23(27,28)29/h1-4,6-7,9-12H,5,8H2,(H,30,32). The molecule has 0 amide bonds. The van der Waals surface area contributed by atoms with Crippen LogP contribution in [-0.2, 0) is 12.6 Å². The minimum absolute atomic E-state index is 0.00435. The number of ether oxygens (including phenoxy) is 1. The minimum atomic E-state index is -4.56. The topological polar surface area (TPSA) is 47.0 Å². The van der Waals surface area contributed by atoms with Gasteiger partial charge in [0.1, 0.15) is 28.7 Å². The summed E-state index contributed by atoms with van der Waals surface area (Å²) in [7, 11) is 0. The number of nitrogens with zero attached hydrogens (tertiary/aromatic N) is 2. The Kier molecular flexibility index (Phi) is 6.08. The third-order valence-electron chi connectivity index (χ3n) is 4.81. The molecule has 33 heavy (non-hydrogen) atoms. The van der Waals surface area contributed by atoms with E-state index in [4.69, 9.17) is 4.74 Å². The first-order valence-electron chi connectivity index (χ1n) is 9.68. The van der Waals surface area contributed by atoms with E-state index in [1.54, 1.807) is 0 Å². The van der Waals surface area contributed by atoms with Crippen molar-refractivity contribution in [3.63, 3.8) is 0 Å². The van der Waals surface area contributed by atoms with Crippen LogP contribution < -0.4 is 10.1 Å². The molecule has 2 aromatic heterocycles. The Hall–Kier alpha value is -3.82. The summed E-state index contributed by atoms with van der Waals surface area (Å²) in [4.78, 5) is 7.55. The Bertz CT molecular complexity index is 1310. The Labute approximate surface area is 183 Å². The highest BCUT2D eigenvalue weighted by Crippen LogP contribution is 2.32. The van der Waals surface area contributed by atoms with E-state index in [2.05, 4.69) is 15.3 Å². The third-order valence-corrected chi connectivity index (χ3v) is 4.81. The van der Waals surface area contributed by atoms with Crippen LogP contribution in [0.25, 0.3) is 10.9 Å². The molecule has 0 aliphatic rings. The molecular formula is C23H15F6N3O. The van der Waals surface area contributed by atoms with Crippen LogP contribution in [0.15, 0.2) is 60.9 Å². The maximum Gasteiger partial charge on any atom is 0.416 e. The highest BCUT2D eigenvalue weighted by molar-refractivity contribution is 5.91. The SMILES string of the molecule is Fc1cc(Oc2cc(C(F)(F)F)ccn2)ccc1CCNc1ccnc2c(F)ccc(F)c12. The monoisotopic (exact) mass is 463 g/mol. The molecule has 2 aromatic carbocycles. The molecule has 4 rings (SSSR count). The maximum absolute atomic E-state index is 14.5. The van der Waals surface area contributed by atoms with Gasteiger partial charge < -0.3 is 10.1 Å². The predicted molar refractivity (Wildman–Crippen MR) is 110 cm³/mol. The highest BCUT2D eigenvalue weighted by Gasteiger charge is 2.31. The van der Waals surface area contributed by atoms with Gasteiger partial charge in [-0.3, -0.25) is 4.98 Å². The van der Waals surface area contributed by atoms with Crippen molar-refractivity contribution < 1.29 is 31.1 Å². The van der Waals surface area contributed by atoms with Gasteiger partial charge in [-0.25, -0.2) is 18.2 Å². The average Bonchev–Trinajstić information content (AvgIpc) is 2.77. The van der Waals surface area contributed by atoms with Crippen LogP contribution in [0.1, 0.15) is 11.1 Å². The summed E-state index contributed by atoms with van der Waals surface area (Å²) >= 11 is 0. The third kappa shape index (κ3) is 5.00. The molecule has 4 nitrogen and oxygen atoms in total. The lowest BCUT2D eigenvalue weighted by molar-refractivity contribution is -0.137. The van der Waals surface area contributed by atoms with Crippen LogP contribution in [0.4, 0.5) is 32.0 Å². The van der Waals surface area contributed by atoms with Gasteiger partial charge in [-0.05, 0) is 42.3 Å². The zero-order valence-electron chi connectivity index (χ0n) is 16.8. The molecule has 0 spiro atoms. The van der Waals surface area contributed by atoms with Crippen molar-refractivity contribution in [2.75, 3.05) is 11.9 Å². The first-order chi connectivity index (χ1) is 15.7. The van der Waals surface area contributed by atoms with Gasteiger partial charge in [-0.15, -0.1) is 0 Å². The largest absolute Gasteiger partial charge is 0.439 e. The van der Waals surface area contributed by atoms with E-state index >= 15 is 0 Å². The Balaban J connectivity index is 1.44. The average molecular weight is 463 g/mol. The number of rotatable bonds is 6. The molecule has 0 atom stereocenters. The smallest absolute Gasteiger partial charge is 0.416 e. The van der Waals surface area contributed by atoms with Crippen LogP contribution in [-0.4, -0.2) is 16.5 Å². The van der Waals surface area contributed by atoms with Gasteiger partial charge in [0.25, 0.3) is 0 Å². The summed E-state index contributed by atoms with van der Waals surface area (Å²) in [6.45, 7) is 0.196. The van der Waals surface area contributed by atoms with Gasteiger partial charge in [-0.1, -0.05) is 6.07 Å². The van der Waals surface area contributed by atoms with Crippen molar-refractivity contribution in [2.45, 2.75) is 12.6 Å². The first kappa shape index (κ1) is 22.4. The summed E-state index contributed by atoms with van der Waals surface area (Å²) in [5, 5.41) is 2.94. The molecule has 170 valence electrons. The van der Waals surface area contributed by atoms with Crippen LogP contribution in [0.3, 0.4) is 0 Å². The summed E-state index contributed by atoms with van der Waals surface area (Å²) < 4.78 is 86.2. The fourth-order valence-corrected chi connectivity index (χ4v) is 3.23. The van der Waals surface area contributed by atoms with Crippen LogP contribution in [0.5, 0.6) is 11.6 Å². The van der Waals surface area contributed by atoms with E-state index in [9.17, 15) is 26.3 Å². The van der Waals surface area contributed by atoms with E-state index in [-0.39, 0.29) is 41.1 Å². The molecule has 0 aliphatic carbocycles. The molecule has 1 N–H and O–H groups in total. The van der Waals surface area contributed by atoms with Crippen molar-refractivity contribution >= 4 is 16.6 Å². The van der Waals surface area contributed by atoms with Gasteiger partial charge in [0.2, 0.25) is 5.88 Å². The number of pyridine rings is 2. The normalized spacial score (nSPS) is 11.6. The second kappa shape index (κ2) is 8.97. The Morgan fingerprint density at radius 1 is 0.818 bits per heavy atom. The molecule has 10 heteroatoms. The van der Waals surface area contributed by atoms with Crippen LogP contribution in [0.2, 0.25) is 0 Å². The maximum atomic E-state index is 14.5. The van der Waals surface area contributed by atoms with Crippen molar-refractivity contribution in [2.24, 2.45) is 0 Å². The zero-order chi connectivity index (χ0) is 23.6. The lowest BCUT2D eigenvalue weighted by Gasteiger charge is -2.12. The molecule has 0 fully saturated rings. The van der Waals surface area contributed by atoms with Crippen LogP contribution in [0, 0.1) is 17.5 Å². The Morgan fingerprint density at radius 2 is 1.58 bits per heavy atom. The van der Waals surface area contributed by atoms with Gasteiger partial charge in [0, 0.05) is 36.8 Å². The number of alkyl halides is 3. The van der Waals surface area contributed by atoms with Gasteiger partial charge in [-0.2, -0.15) is 13.2 Å². The van der Waals surface area contributed by atoms with Crippen molar-refractivity contribution in [3.05, 3.63) is 89.5 Å². The molecule has 2 heterocycles. The highest BCUT2D eigenvalue weighted by atomic mass is 19.4. The van der Waals surface area contributed by atoms with Gasteiger partial charge in [0.15, 0.2) is 0 Å². The lowest BCUT2D eigenvalue weighted by Crippen LogP contribution is -2.07. The number of anilines is 1. The number of fused-ring (bicyclic) bond motifs is 1. The number of nitrogens with one attached hydrogen (secondary N) is 1. The van der Waals surface area contributed by atoms with Gasteiger partial charge >= 0.3 is 6.18 Å². The van der Waals surface area contributed by atoms with Crippen molar-refractivity contribution in [1.29, 1.82) is 0 Å². The Morgan fingerprint density at radius 3 is 2.33 bits per heavy atom. The second-order valence-electron chi connectivity index (χ2n) is 7.02. The van der Waals surface area contributed by atoms with E-state index in [1.165, 1.54) is 24.4 Å². The molecule has 0 bridgehead atoms. The number of hydrogen-bond acceptors (Lipinski definition) is 4. The number of hydrogen-bond donors (Lipinski definition) is 1.